The molecule has 250 valence electrons. The molecule has 0 aliphatic carbocycles. The van der Waals surface area contributed by atoms with E-state index in [4.69, 9.17) is 34.0 Å². The highest BCUT2D eigenvalue weighted by atomic mass is 16.8. The summed E-state index contributed by atoms with van der Waals surface area (Å²) in [6.07, 6.45) is -21.9. The van der Waals surface area contributed by atoms with E-state index < -0.39 is 112 Å². The largest absolute Gasteiger partial charge is 0.394 e. The summed E-state index contributed by atoms with van der Waals surface area (Å²) < 4.78 is 33.4. The summed E-state index contributed by atoms with van der Waals surface area (Å²) >= 11 is 0. The van der Waals surface area contributed by atoms with E-state index in [0.717, 1.165) is 6.42 Å². The van der Waals surface area contributed by atoms with E-state index in [9.17, 15) is 51.1 Å². The van der Waals surface area contributed by atoms with Crippen molar-refractivity contribution in [3.8, 4) is 0 Å². The molecule has 0 aromatic heterocycles. The van der Waals surface area contributed by atoms with E-state index in [1.807, 2.05) is 0 Å². The highest BCUT2D eigenvalue weighted by Gasteiger charge is 2.53. The zero-order valence-corrected chi connectivity index (χ0v) is 23.3. The minimum atomic E-state index is -1.90. The van der Waals surface area contributed by atoms with E-state index in [1.165, 1.54) is 0 Å². The Morgan fingerprint density at radius 2 is 1.07 bits per heavy atom. The molecular weight excluding hydrogens is 586 g/mol. The van der Waals surface area contributed by atoms with Crippen molar-refractivity contribution in [2.45, 2.75) is 118 Å². The molecule has 0 aromatic rings. The van der Waals surface area contributed by atoms with Gasteiger partial charge >= 0.3 is 0 Å². The highest BCUT2D eigenvalue weighted by molar-refractivity contribution is 4.96. The fourth-order valence-electron chi connectivity index (χ4n) is 5.03. The predicted molar refractivity (Wildman–Crippen MR) is 137 cm³/mol. The van der Waals surface area contributed by atoms with Gasteiger partial charge in [0.15, 0.2) is 18.9 Å². The van der Waals surface area contributed by atoms with Crippen molar-refractivity contribution in [2.24, 2.45) is 5.11 Å². The molecule has 15 atom stereocenters. The summed E-state index contributed by atoms with van der Waals surface area (Å²) in [6.45, 7) is -1.78. The normalized spacial score (nSPS) is 43.7. The van der Waals surface area contributed by atoms with Crippen molar-refractivity contribution in [1.29, 1.82) is 0 Å². The van der Waals surface area contributed by atoms with Crippen molar-refractivity contribution in [3.05, 3.63) is 10.4 Å². The standard InChI is InChI=1S/C24H43N3O16/c25-27-26-5-3-1-2-4-6-38-24-21(17(35)14(32)11(8-29)41-24)43-23-19(37)20(15(33)12(9-30)40-23)42-22-18(36)16(34)13(31)10(7-28)39-22/h10-24,28-37H,1-9H2/t10?,11?,12?,13-,14-,15-,16-,17-,18?,19?,20-,21?,22-,23-,24+/m0/s1. The minimum absolute atomic E-state index is 0.0991. The first-order chi connectivity index (χ1) is 20.6. The Kier molecular flexibility index (Phi) is 14.6. The number of aliphatic hydroxyl groups excluding tert-OH is 10. The van der Waals surface area contributed by atoms with Gasteiger partial charge in [-0.2, -0.15) is 0 Å². The maximum Gasteiger partial charge on any atom is 0.187 e. The second-order valence-corrected chi connectivity index (χ2v) is 10.6. The Morgan fingerprint density at radius 1 is 0.558 bits per heavy atom. The summed E-state index contributed by atoms with van der Waals surface area (Å²) in [5.41, 5.74) is 8.33. The number of ether oxygens (including phenoxy) is 6. The van der Waals surface area contributed by atoms with Crippen molar-refractivity contribution in [3.63, 3.8) is 0 Å². The van der Waals surface area contributed by atoms with Gasteiger partial charge in [0, 0.05) is 18.1 Å². The summed E-state index contributed by atoms with van der Waals surface area (Å²) in [5.74, 6) is 0. The first-order valence-corrected chi connectivity index (χ1v) is 14.1. The van der Waals surface area contributed by atoms with Crippen molar-refractivity contribution < 1.29 is 79.5 Å². The molecule has 0 aromatic carbocycles. The molecule has 0 bridgehead atoms. The van der Waals surface area contributed by atoms with Gasteiger partial charge in [0.2, 0.25) is 0 Å². The number of nitrogens with zero attached hydrogens (tertiary/aromatic N) is 3. The molecule has 3 heterocycles. The fraction of sp³-hybridized carbons (Fsp3) is 1.00. The molecule has 0 spiro atoms. The molecule has 0 amide bonds. The van der Waals surface area contributed by atoms with Crippen LogP contribution in [0.5, 0.6) is 0 Å². The lowest BCUT2D eigenvalue weighted by atomic mass is 9.96. The quantitative estimate of drug-likeness (QED) is 0.0352. The molecule has 19 heteroatoms. The number of hydrogen-bond acceptors (Lipinski definition) is 17. The van der Waals surface area contributed by atoms with Gasteiger partial charge in [0.05, 0.1) is 19.8 Å². The molecule has 10 N–H and O–H groups in total. The Labute approximate surface area is 246 Å². The molecule has 3 saturated heterocycles. The van der Waals surface area contributed by atoms with Gasteiger partial charge in [-0.25, -0.2) is 0 Å². The number of aliphatic hydroxyl groups is 10. The van der Waals surface area contributed by atoms with Crippen LogP contribution in [-0.2, 0) is 28.4 Å². The van der Waals surface area contributed by atoms with Crippen LogP contribution in [0.2, 0.25) is 0 Å². The summed E-state index contributed by atoms with van der Waals surface area (Å²) in [4.78, 5) is 2.68. The van der Waals surface area contributed by atoms with Gasteiger partial charge in [-0.05, 0) is 18.4 Å². The first kappa shape index (κ1) is 36.1. The minimum Gasteiger partial charge on any atom is -0.394 e. The average molecular weight is 630 g/mol. The maximum absolute atomic E-state index is 11.1. The van der Waals surface area contributed by atoms with Crippen LogP contribution >= 0.6 is 0 Å². The third kappa shape index (κ3) is 8.90. The Hall–Kier alpha value is -1.33. The van der Waals surface area contributed by atoms with Crippen LogP contribution in [0.3, 0.4) is 0 Å². The number of hydrogen-bond donors (Lipinski definition) is 10. The van der Waals surface area contributed by atoms with Gasteiger partial charge in [0.25, 0.3) is 0 Å². The van der Waals surface area contributed by atoms with Gasteiger partial charge in [-0.15, -0.1) is 0 Å². The SMILES string of the molecule is [N-]=[N+]=NCCCCCCO[C@@H]1OC(CO)[C@H](O)[C@H](O)C1O[C@@H]1OC(CO)[C@H](O)[C@H](O[C@@H]2OC(CO)[C@H](O)[C@H](O)C2O)C1O. The molecule has 0 saturated carbocycles. The summed E-state index contributed by atoms with van der Waals surface area (Å²) in [5, 5.41) is 106. The lowest BCUT2D eigenvalue weighted by molar-refractivity contribution is -0.385. The average Bonchev–Trinajstić information content (AvgIpc) is 3.00. The monoisotopic (exact) mass is 629 g/mol. The summed E-state index contributed by atoms with van der Waals surface area (Å²) in [7, 11) is 0. The molecule has 3 aliphatic heterocycles. The second kappa shape index (κ2) is 17.4. The molecule has 3 aliphatic rings. The van der Waals surface area contributed by atoms with Crippen LogP contribution in [0.1, 0.15) is 25.7 Å². The molecule has 3 fully saturated rings. The van der Waals surface area contributed by atoms with Crippen LogP contribution in [0.15, 0.2) is 5.11 Å². The van der Waals surface area contributed by atoms with E-state index in [2.05, 4.69) is 10.0 Å². The first-order valence-electron chi connectivity index (χ1n) is 14.1. The number of unbranched alkanes of at least 4 members (excludes halogenated alkanes) is 3. The van der Waals surface area contributed by atoms with Gasteiger partial charge in [-0.3, -0.25) is 0 Å². The van der Waals surface area contributed by atoms with Gasteiger partial charge in [-0.1, -0.05) is 18.0 Å². The van der Waals surface area contributed by atoms with Crippen LogP contribution in [0.4, 0.5) is 0 Å². The molecule has 43 heavy (non-hydrogen) atoms. The predicted octanol–water partition coefficient (Wildman–Crippen LogP) is -4.68. The lowest BCUT2D eigenvalue weighted by Gasteiger charge is -2.48. The molecular formula is C24H43N3O16. The molecule has 19 nitrogen and oxygen atoms in total. The third-order valence-electron chi connectivity index (χ3n) is 7.58. The number of azide groups is 1. The van der Waals surface area contributed by atoms with Crippen molar-refractivity contribution in [2.75, 3.05) is 33.0 Å². The zero-order chi connectivity index (χ0) is 31.7. The Balaban J connectivity index is 1.71. The van der Waals surface area contributed by atoms with Gasteiger partial charge < -0.3 is 79.5 Å². The van der Waals surface area contributed by atoms with Crippen LogP contribution in [0.25, 0.3) is 10.4 Å². The molecule has 6 unspecified atom stereocenters. The Bertz CT molecular complexity index is 870. The van der Waals surface area contributed by atoms with Crippen molar-refractivity contribution in [1.82, 2.24) is 0 Å². The van der Waals surface area contributed by atoms with E-state index >= 15 is 0 Å². The second-order valence-electron chi connectivity index (χ2n) is 10.6. The van der Waals surface area contributed by atoms with E-state index in [0.29, 0.717) is 25.8 Å². The van der Waals surface area contributed by atoms with Crippen LogP contribution in [-0.4, -0.2) is 176 Å². The van der Waals surface area contributed by atoms with E-state index in [-0.39, 0.29) is 6.61 Å². The molecule has 0 radical (unpaired) electrons. The highest BCUT2D eigenvalue weighted by Crippen LogP contribution is 2.33. The van der Waals surface area contributed by atoms with Crippen LogP contribution in [0, 0.1) is 0 Å². The van der Waals surface area contributed by atoms with E-state index in [1.54, 1.807) is 0 Å². The number of rotatable bonds is 15. The smallest absolute Gasteiger partial charge is 0.187 e. The fourth-order valence-corrected chi connectivity index (χ4v) is 5.03. The van der Waals surface area contributed by atoms with Crippen molar-refractivity contribution >= 4 is 0 Å². The van der Waals surface area contributed by atoms with Crippen LogP contribution < -0.4 is 0 Å². The third-order valence-corrected chi connectivity index (χ3v) is 7.58. The Morgan fingerprint density at radius 3 is 1.67 bits per heavy atom. The maximum atomic E-state index is 11.1. The molecule has 3 rings (SSSR count). The lowest BCUT2D eigenvalue weighted by Crippen LogP contribution is -2.66. The zero-order valence-electron chi connectivity index (χ0n) is 23.3. The summed E-state index contributed by atoms with van der Waals surface area (Å²) in [6, 6.07) is 0. The topological polar surface area (TPSA) is 306 Å². The van der Waals surface area contributed by atoms with Gasteiger partial charge in [0.1, 0.15) is 73.2 Å².